The Morgan fingerprint density at radius 3 is 2.43 bits per heavy atom. The Kier molecular flexibility index (Phi) is 9.21. The number of nitrogens with one attached hydrogen (secondary N) is 3. The van der Waals surface area contributed by atoms with Gasteiger partial charge in [0, 0.05) is 24.4 Å². The number of benzene rings is 2. The summed E-state index contributed by atoms with van der Waals surface area (Å²) in [5.74, 6) is 0.453. The molecule has 10 nitrogen and oxygen atoms in total. The first kappa shape index (κ1) is 25.7. The number of amides is 3. The van der Waals surface area contributed by atoms with E-state index in [1.54, 1.807) is 62.8 Å². The van der Waals surface area contributed by atoms with Crippen molar-refractivity contribution in [2.75, 3.05) is 35.9 Å². The Bertz CT molecular complexity index is 1240. The molecule has 12 heteroatoms. The largest absolute Gasteiger partial charge is 0.493 e. The number of hydrogen-bond donors (Lipinski definition) is 3. The second-order valence-electron chi connectivity index (χ2n) is 6.91. The first-order chi connectivity index (χ1) is 16.9. The van der Waals surface area contributed by atoms with Crippen molar-refractivity contribution >= 4 is 63.4 Å². The van der Waals surface area contributed by atoms with Gasteiger partial charge in [0.2, 0.25) is 22.9 Å². The van der Waals surface area contributed by atoms with Crippen LogP contribution in [0.5, 0.6) is 11.5 Å². The van der Waals surface area contributed by atoms with Gasteiger partial charge in [-0.15, -0.1) is 10.2 Å². The lowest BCUT2D eigenvalue weighted by Crippen LogP contribution is -2.14. The Balaban J connectivity index is 1.48. The Hall–Kier alpha value is -3.90. The molecule has 3 N–H and O–H groups in total. The van der Waals surface area contributed by atoms with Crippen LogP contribution in [0.15, 0.2) is 52.9 Å². The van der Waals surface area contributed by atoms with Crippen molar-refractivity contribution in [1.29, 1.82) is 0 Å². The van der Waals surface area contributed by atoms with E-state index in [4.69, 9.17) is 9.47 Å². The van der Waals surface area contributed by atoms with Crippen LogP contribution in [0.2, 0.25) is 0 Å². The average Bonchev–Trinajstić information content (AvgIpc) is 3.28. The van der Waals surface area contributed by atoms with Gasteiger partial charge in [0.25, 0.3) is 0 Å². The van der Waals surface area contributed by atoms with Crippen molar-refractivity contribution in [2.45, 2.75) is 11.3 Å². The fraction of sp³-hybridized carbons (Fsp3) is 0.174. The average molecular weight is 514 g/mol. The zero-order chi connectivity index (χ0) is 25.2. The van der Waals surface area contributed by atoms with Gasteiger partial charge in [-0.05, 0) is 42.0 Å². The van der Waals surface area contributed by atoms with Crippen LogP contribution in [0.3, 0.4) is 0 Å². The van der Waals surface area contributed by atoms with E-state index in [0.717, 1.165) is 16.9 Å². The molecular weight excluding hydrogens is 490 g/mol. The third-order valence-corrected chi connectivity index (χ3v) is 6.24. The predicted molar refractivity (Wildman–Crippen MR) is 137 cm³/mol. The Morgan fingerprint density at radius 1 is 0.971 bits per heavy atom. The van der Waals surface area contributed by atoms with Gasteiger partial charge in [-0.3, -0.25) is 19.7 Å². The van der Waals surface area contributed by atoms with E-state index < -0.39 is 0 Å². The maximum atomic E-state index is 12.3. The highest BCUT2D eigenvalue weighted by molar-refractivity contribution is 8.01. The molecule has 0 saturated heterocycles. The summed E-state index contributed by atoms with van der Waals surface area (Å²) in [6.07, 6.45) is 3.01. The van der Waals surface area contributed by atoms with Gasteiger partial charge in [0.05, 0.1) is 20.0 Å². The van der Waals surface area contributed by atoms with Crippen LogP contribution in [0.4, 0.5) is 16.5 Å². The number of thioether (sulfide) groups is 1. The number of hydrogen-bond acceptors (Lipinski definition) is 9. The summed E-state index contributed by atoms with van der Waals surface area (Å²) in [7, 11) is 3.09. The molecule has 2 aromatic carbocycles. The molecule has 3 amide bonds. The molecule has 0 aliphatic heterocycles. The van der Waals surface area contributed by atoms with Crippen LogP contribution in [0, 0.1) is 0 Å². The van der Waals surface area contributed by atoms with E-state index in [9.17, 15) is 14.4 Å². The second kappa shape index (κ2) is 12.5. The van der Waals surface area contributed by atoms with Crippen LogP contribution in [-0.2, 0) is 14.4 Å². The van der Waals surface area contributed by atoms with Crippen LogP contribution >= 0.6 is 23.1 Å². The van der Waals surface area contributed by atoms with Gasteiger partial charge < -0.3 is 20.1 Å². The van der Waals surface area contributed by atoms with Crippen LogP contribution in [-0.4, -0.2) is 47.9 Å². The van der Waals surface area contributed by atoms with E-state index in [-0.39, 0.29) is 23.5 Å². The Morgan fingerprint density at radius 2 is 1.71 bits per heavy atom. The van der Waals surface area contributed by atoms with Gasteiger partial charge in [-0.1, -0.05) is 35.2 Å². The van der Waals surface area contributed by atoms with Crippen molar-refractivity contribution < 1.29 is 23.9 Å². The standard InChI is InChI=1S/C23H23N5O5S2/c1-14(29)24-16-5-4-6-17(12-16)25-21(31)13-34-23-28-27-22(35-23)26-20(30)10-8-15-7-9-18(32-2)19(11-15)33-3/h4-12H,13H2,1-3H3,(H,24,29)(H,25,31)(H,26,27,30)/b10-8+. The number of ether oxygens (including phenoxy) is 2. The number of anilines is 3. The number of carbonyl (C=O) groups excluding carboxylic acids is 3. The van der Waals surface area contributed by atoms with Crippen LogP contribution in [0.1, 0.15) is 12.5 Å². The summed E-state index contributed by atoms with van der Waals surface area (Å²) in [5.41, 5.74) is 1.92. The van der Waals surface area contributed by atoms with E-state index in [1.807, 2.05) is 0 Å². The van der Waals surface area contributed by atoms with Crippen LogP contribution in [0.25, 0.3) is 6.08 Å². The Labute approximate surface area is 210 Å². The van der Waals surface area contributed by atoms with E-state index in [0.29, 0.717) is 32.3 Å². The molecule has 1 heterocycles. The summed E-state index contributed by atoms with van der Waals surface area (Å²) in [6.45, 7) is 1.41. The van der Waals surface area contributed by atoms with Crippen molar-refractivity contribution in [2.24, 2.45) is 0 Å². The second-order valence-corrected chi connectivity index (χ2v) is 9.11. The van der Waals surface area contributed by atoms with Crippen molar-refractivity contribution in [3.05, 3.63) is 54.1 Å². The molecular formula is C23H23N5O5S2. The fourth-order valence-electron chi connectivity index (χ4n) is 2.80. The number of rotatable bonds is 10. The normalized spacial score (nSPS) is 10.6. The summed E-state index contributed by atoms with van der Waals surface area (Å²) in [6, 6.07) is 12.1. The van der Waals surface area contributed by atoms with E-state index in [2.05, 4.69) is 26.1 Å². The molecule has 0 unspecified atom stereocenters. The summed E-state index contributed by atoms with van der Waals surface area (Å²) in [5, 5.41) is 16.3. The molecule has 35 heavy (non-hydrogen) atoms. The maximum Gasteiger partial charge on any atom is 0.250 e. The molecule has 0 aliphatic carbocycles. The third kappa shape index (κ3) is 8.12. The molecule has 0 saturated carbocycles. The third-order valence-electron chi connectivity index (χ3n) is 4.26. The molecule has 0 bridgehead atoms. The van der Waals surface area contributed by atoms with Gasteiger partial charge in [0.15, 0.2) is 15.8 Å². The topological polar surface area (TPSA) is 132 Å². The lowest BCUT2D eigenvalue weighted by atomic mass is 10.2. The minimum absolute atomic E-state index is 0.103. The zero-order valence-corrected chi connectivity index (χ0v) is 20.8. The lowest BCUT2D eigenvalue weighted by Gasteiger charge is -2.07. The molecule has 0 spiro atoms. The fourth-order valence-corrected chi connectivity index (χ4v) is 4.35. The van der Waals surface area contributed by atoms with E-state index >= 15 is 0 Å². The molecule has 3 rings (SSSR count). The van der Waals surface area contributed by atoms with E-state index in [1.165, 1.54) is 24.8 Å². The number of carbonyl (C=O) groups is 3. The SMILES string of the molecule is COc1ccc(/C=C/C(=O)Nc2nnc(SCC(=O)Nc3cccc(NC(C)=O)c3)s2)cc1OC. The van der Waals surface area contributed by atoms with Crippen LogP contribution < -0.4 is 25.4 Å². The van der Waals surface area contributed by atoms with Gasteiger partial charge >= 0.3 is 0 Å². The number of methoxy groups -OCH3 is 2. The molecule has 0 radical (unpaired) electrons. The maximum absolute atomic E-state index is 12.3. The zero-order valence-electron chi connectivity index (χ0n) is 19.2. The number of aromatic nitrogens is 2. The minimum Gasteiger partial charge on any atom is -0.493 e. The van der Waals surface area contributed by atoms with Gasteiger partial charge in [-0.2, -0.15) is 0 Å². The summed E-state index contributed by atoms with van der Waals surface area (Å²) < 4.78 is 11.0. The first-order valence-electron chi connectivity index (χ1n) is 10.2. The van der Waals surface area contributed by atoms with Crippen molar-refractivity contribution in [3.63, 3.8) is 0 Å². The molecule has 0 aliphatic rings. The predicted octanol–water partition coefficient (Wildman–Crippen LogP) is 3.90. The highest BCUT2D eigenvalue weighted by Gasteiger charge is 2.10. The molecule has 1 aromatic heterocycles. The minimum atomic E-state index is -0.371. The number of nitrogens with zero attached hydrogens (tertiary/aromatic N) is 2. The molecule has 0 fully saturated rings. The first-order valence-corrected chi connectivity index (χ1v) is 12.0. The van der Waals surface area contributed by atoms with Gasteiger partial charge in [0.1, 0.15) is 0 Å². The monoisotopic (exact) mass is 513 g/mol. The lowest BCUT2D eigenvalue weighted by molar-refractivity contribution is -0.114. The van der Waals surface area contributed by atoms with Crippen molar-refractivity contribution in [3.8, 4) is 11.5 Å². The smallest absolute Gasteiger partial charge is 0.250 e. The quantitative estimate of drug-likeness (QED) is 0.211. The van der Waals surface area contributed by atoms with Gasteiger partial charge in [-0.25, -0.2) is 0 Å². The van der Waals surface area contributed by atoms with Crippen molar-refractivity contribution in [1.82, 2.24) is 10.2 Å². The highest BCUT2D eigenvalue weighted by atomic mass is 32.2. The molecule has 182 valence electrons. The summed E-state index contributed by atoms with van der Waals surface area (Å²) >= 11 is 2.36. The highest BCUT2D eigenvalue weighted by Crippen LogP contribution is 2.28. The summed E-state index contributed by atoms with van der Waals surface area (Å²) in [4.78, 5) is 35.6. The molecule has 0 atom stereocenters. The molecule has 3 aromatic rings.